The van der Waals surface area contributed by atoms with Crippen LogP contribution in [0.1, 0.15) is 1.43 Å². The Hall–Kier alpha value is 2.54. The minimum Gasteiger partial charge on any atom is -0.450 e. The Labute approximate surface area is 122 Å². The van der Waals surface area contributed by atoms with E-state index in [-0.39, 0.29) is 104 Å². The summed E-state index contributed by atoms with van der Waals surface area (Å²) in [5.74, 6) is 0. The van der Waals surface area contributed by atoms with E-state index in [1.807, 2.05) is 0 Å². The zero-order valence-electron chi connectivity index (χ0n) is 4.80. The summed E-state index contributed by atoms with van der Waals surface area (Å²) in [6, 6.07) is 0. The molecular formula is CH3K2O3+3. The Kier molecular flexibility index (Phi) is 27.7. The summed E-state index contributed by atoms with van der Waals surface area (Å²) in [6.45, 7) is 0. The molecule has 0 saturated heterocycles. The molecule has 0 amide bonds. The first-order chi connectivity index (χ1) is 1.73. The fraction of sp³-hybridized carbons (Fsp3) is 0. The topological polar surface area (TPSA) is 57.5 Å². The molecule has 5 heteroatoms. The van der Waals surface area contributed by atoms with Crippen molar-refractivity contribution >= 4 is 6.16 Å². The van der Waals surface area contributed by atoms with Gasteiger partial charge in [0.25, 0.3) is 0 Å². The predicted molar refractivity (Wildman–Crippen MR) is 11.8 cm³/mol. The molecule has 6 heavy (non-hydrogen) atoms. The van der Waals surface area contributed by atoms with Gasteiger partial charge in [-0.25, -0.2) is 4.79 Å². The first kappa shape index (κ1) is 15.8. The van der Waals surface area contributed by atoms with Crippen molar-refractivity contribution in [2.45, 2.75) is 0 Å². The first-order valence-electron chi connectivity index (χ1n) is 0.651. The van der Waals surface area contributed by atoms with E-state index in [1.165, 1.54) is 0 Å². The van der Waals surface area contributed by atoms with Gasteiger partial charge in [0.15, 0.2) is 0 Å². The van der Waals surface area contributed by atoms with Crippen LogP contribution in [-0.4, -0.2) is 16.4 Å². The van der Waals surface area contributed by atoms with Crippen molar-refractivity contribution in [3.8, 4) is 0 Å². The van der Waals surface area contributed by atoms with Crippen LogP contribution >= 0.6 is 0 Å². The molecule has 0 aromatic heterocycles. The first-order valence-corrected chi connectivity index (χ1v) is 0.651. The summed E-state index contributed by atoms with van der Waals surface area (Å²) in [5.41, 5.74) is 0. The predicted octanol–water partition coefficient (Wildman–Crippen LogP) is -5.66. The molecule has 2 N–H and O–H groups in total. The van der Waals surface area contributed by atoms with Crippen LogP contribution in [0.25, 0.3) is 0 Å². The van der Waals surface area contributed by atoms with E-state index in [9.17, 15) is 0 Å². The smallest absolute Gasteiger partial charge is 0.450 e. The van der Waals surface area contributed by atoms with Crippen LogP contribution in [0, 0.1) is 0 Å². The number of hydrogen-bond acceptors (Lipinski definition) is 1. The summed E-state index contributed by atoms with van der Waals surface area (Å²) in [4.78, 5) is 8.56. The molecule has 0 aromatic carbocycles. The molecule has 0 aliphatic rings. The normalized spacial score (nSPS) is 4.00. The quantitative estimate of drug-likeness (QED) is 0.331. The van der Waals surface area contributed by atoms with Gasteiger partial charge in [-0.15, -0.1) is 0 Å². The van der Waals surface area contributed by atoms with Gasteiger partial charge in [-0.2, -0.15) is 0 Å². The molecule has 0 saturated carbocycles. The number of carbonyl (C=O) groups is 1. The van der Waals surface area contributed by atoms with Crippen molar-refractivity contribution in [1.82, 2.24) is 0 Å². The van der Waals surface area contributed by atoms with Crippen LogP contribution in [0.5, 0.6) is 0 Å². The minimum atomic E-state index is -1.83. The van der Waals surface area contributed by atoms with Crippen molar-refractivity contribution in [2.75, 3.05) is 0 Å². The number of rotatable bonds is 0. The molecule has 0 aliphatic heterocycles. The van der Waals surface area contributed by atoms with Gasteiger partial charge >= 0.3 is 110 Å². The zero-order valence-corrected chi connectivity index (χ0v) is 10.0. The van der Waals surface area contributed by atoms with Gasteiger partial charge in [-0.05, 0) is 0 Å². The molecule has 0 fully saturated rings. The second-order valence-corrected chi connectivity index (χ2v) is 0.283. The van der Waals surface area contributed by atoms with Crippen LogP contribution < -0.4 is 103 Å². The Balaban J connectivity index is -0.0000000150. The average Bonchev–Trinajstić information content (AvgIpc) is 0.811. The van der Waals surface area contributed by atoms with Crippen molar-refractivity contribution in [3.63, 3.8) is 0 Å². The maximum atomic E-state index is 8.56. The van der Waals surface area contributed by atoms with Gasteiger partial charge < -0.3 is 10.2 Å². The summed E-state index contributed by atoms with van der Waals surface area (Å²) in [7, 11) is 0. The SMILES string of the molecule is O=C(O)O.[H+].[K+].[K+]. The van der Waals surface area contributed by atoms with Crippen LogP contribution in [-0.2, 0) is 0 Å². The fourth-order valence-corrected chi connectivity index (χ4v) is 0. The Morgan fingerprint density at radius 1 is 1.33 bits per heavy atom. The monoisotopic (exact) mass is 141 g/mol. The van der Waals surface area contributed by atoms with Crippen LogP contribution in [0.2, 0.25) is 0 Å². The molecule has 0 aromatic rings. The number of hydrogen-bond donors (Lipinski definition) is 2. The largest absolute Gasteiger partial charge is 1.00 e. The maximum absolute atomic E-state index is 8.56. The molecular weight excluding hydrogens is 138 g/mol. The molecule has 0 aliphatic carbocycles. The molecule has 0 unspecified atom stereocenters. The Morgan fingerprint density at radius 3 is 1.33 bits per heavy atom. The molecule has 24 valence electrons. The van der Waals surface area contributed by atoms with Gasteiger partial charge in [-0.3, -0.25) is 0 Å². The van der Waals surface area contributed by atoms with E-state index < -0.39 is 6.16 Å². The molecule has 0 bridgehead atoms. The Morgan fingerprint density at radius 2 is 1.33 bits per heavy atom. The maximum Gasteiger partial charge on any atom is 1.00 e. The van der Waals surface area contributed by atoms with Gasteiger partial charge in [0.1, 0.15) is 0 Å². The third kappa shape index (κ3) is 31.1. The number of carboxylic acid groups (broad SMARTS) is 2. The second-order valence-electron chi connectivity index (χ2n) is 0.283. The minimum absolute atomic E-state index is 0. The second kappa shape index (κ2) is 10.5. The Bertz CT molecular complexity index is 35.9. The van der Waals surface area contributed by atoms with Crippen molar-refractivity contribution < 1.29 is 119 Å². The molecule has 0 spiro atoms. The van der Waals surface area contributed by atoms with Crippen LogP contribution in [0.4, 0.5) is 4.79 Å². The van der Waals surface area contributed by atoms with E-state index in [0.717, 1.165) is 0 Å². The summed E-state index contributed by atoms with van der Waals surface area (Å²) >= 11 is 0. The molecule has 3 nitrogen and oxygen atoms in total. The van der Waals surface area contributed by atoms with E-state index in [4.69, 9.17) is 15.0 Å². The van der Waals surface area contributed by atoms with Crippen molar-refractivity contribution in [2.24, 2.45) is 0 Å². The van der Waals surface area contributed by atoms with E-state index in [0.29, 0.717) is 0 Å². The molecule has 0 rings (SSSR count). The van der Waals surface area contributed by atoms with E-state index in [1.54, 1.807) is 0 Å². The third-order valence-corrected chi connectivity index (χ3v) is 0. The van der Waals surface area contributed by atoms with Crippen molar-refractivity contribution in [1.29, 1.82) is 0 Å². The summed E-state index contributed by atoms with van der Waals surface area (Å²) in [6.07, 6.45) is -1.83. The van der Waals surface area contributed by atoms with E-state index in [2.05, 4.69) is 0 Å². The summed E-state index contributed by atoms with van der Waals surface area (Å²) < 4.78 is 0. The zero-order chi connectivity index (χ0) is 3.58. The fourth-order valence-electron chi connectivity index (χ4n) is 0. The van der Waals surface area contributed by atoms with E-state index >= 15 is 0 Å². The van der Waals surface area contributed by atoms with Gasteiger partial charge in [0.05, 0.1) is 0 Å². The average molecular weight is 141 g/mol. The van der Waals surface area contributed by atoms with Gasteiger partial charge in [0, 0.05) is 0 Å². The molecule has 0 atom stereocenters. The van der Waals surface area contributed by atoms with Crippen LogP contribution in [0.3, 0.4) is 0 Å². The molecule has 0 heterocycles. The molecule has 0 radical (unpaired) electrons. The standard InChI is InChI=1S/CH2O3.2K/c2-1(3)4;;/h(H2,2,3,4);;/q;2*+1/p+1. The van der Waals surface area contributed by atoms with Gasteiger partial charge in [-0.1, -0.05) is 0 Å². The third-order valence-electron chi connectivity index (χ3n) is 0. The summed E-state index contributed by atoms with van der Waals surface area (Å²) in [5, 5.41) is 13.9. The van der Waals surface area contributed by atoms with Gasteiger partial charge in [0.2, 0.25) is 0 Å². The van der Waals surface area contributed by atoms with Crippen molar-refractivity contribution in [3.05, 3.63) is 0 Å². The van der Waals surface area contributed by atoms with Crippen LogP contribution in [0.15, 0.2) is 0 Å².